The maximum Gasteiger partial charge on any atom is 0.123 e. The number of hydrogen-bond acceptors (Lipinski definition) is 1. The van der Waals surface area contributed by atoms with E-state index in [1.165, 1.54) is 22.9 Å². The largest absolute Gasteiger partial charge is 0.310 e. The minimum Gasteiger partial charge on any atom is -0.310 e. The highest BCUT2D eigenvalue weighted by Gasteiger charge is 2.22. The second kappa shape index (κ2) is 16.2. The van der Waals surface area contributed by atoms with Crippen molar-refractivity contribution in [1.29, 1.82) is 0 Å². The van der Waals surface area contributed by atoms with E-state index in [0.29, 0.717) is 0 Å². The van der Waals surface area contributed by atoms with E-state index in [-0.39, 0.29) is 17.6 Å². The van der Waals surface area contributed by atoms with E-state index in [1.807, 2.05) is 36.4 Å². The molecule has 0 fully saturated rings. The summed E-state index contributed by atoms with van der Waals surface area (Å²) < 4.78 is 33.4. The third-order valence-corrected chi connectivity index (χ3v) is 13.0. The monoisotopic (exact) mass is 853 g/mol. The van der Waals surface area contributed by atoms with Crippen LogP contribution in [0.25, 0.3) is 66.1 Å². The Balaban J connectivity index is 0.910. The Morgan fingerprint density at radius 1 is 0.303 bits per heavy atom. The van der Waals surface area contributed by atoms with Crippen molar-refractivity contribution in [3.8, 4) is 22.5 Å². The number of fused-ring (bicyclic) bond motifs is 6. The van der Waals surface area contributed by atoms with E-state index < -0.39 is 0 Å². The second-order valence-electron chi connectivity index (χ2n) is 16.8. The van der Waals surface area contributed by atoms with Crippen LogP contribution >= 0.6 is 0 Å². The van der Waals surface area contributed by atoms with Gasteiger partial charge in [0, 0.05) is 55.9 Å². The van der Waals surface area contributed by atoms with Crippen LogP contribution in [-0.4, -0.2) is 9.13 Å². The molecule has 1 atom stereocenters. The average molecular weight is 854 g/mol. The Hall–Kier alpha value is -8.54. The molecule has 0 aliphatic carbocycles. The lowest BCUT2D eigenvalue weighted by Crippen LogP contribution is -2.10. The number of benzene rings is 10. The maximum atomic E-state index is 14.4. The Labute approximate surface area is 381 Å². The molecule has 12 rings (SSSR count). The number of nitrogens with zero attached hydrogens (tertiary/aromatic N) is 3. The molecule has 0 spiro atoms. The van der Waals surface area contributed by atoms with Crippen LogP contribution in [0.1, 0.15) is 22.6 Å². The summed E-state index contributed by atoms with van der Waals surface area (Å²) in [4.78, 5) is 2.18. The minimum atomic E-state index is -0.281. The number of anilines is 3. The van der Waals surface area contributed by atoms with Gasteiger partial charge in [-0.25, -0.2) is 8.78 Å². The van der Waals surface area contributed by atoms with Gasteiger partial charge in [-0.15, -0.1) is 0 Å². The molecule has 0 amide bonds. The first-order valence-corrected chi connectivity index (χ1v) is 22.2. The first-order chi connectivity index (χ1) is 32.6. The molecular weight excluding hydrogens is 813 g/mol. The molecule has 0 radical (unpaired) electrons. The van der Waals surface area contributed by atoms with Crippen LogP contribution in [0, 0.1) is 11.6 Å². The summed E-state index contributed by atoms with van der Waals surface area (Å²) in [5.41, 5.74) is 14.9. The second-order valence-corrected chi connectivity index (χ2v) is 16.8. The molecular formula is C61H41F2N3. The summed E-state index contributed by atoms with van der Waals surface area (Å²) in [6.45, 7) is 0. The van der Waals surface area contributed by atoms with Gasteiger partial charge >= 0.3 is 0 Å². The van der Waals surface area contributed by atoms with Crippen LogP contribution in [-0.2, 0) is 0 Å². The highest BCUT2D eigenvalue weighted by molar-refractivity contribution is 6.11. The lowest BCUT2D eigenvalue weighted by Gasteiger charge is -2.26. The number of aromatic nitrogens is 2. The van der Waals surface area contributed by atoms with Gasteiger partial charge in [-0.05, 0) is 143 Å². The highest BCUT2D eigenvalue weighted by atomic mass is 19.1. The Morgan fingerprint density at radius 3 is 1.23 bits per heavy atom. The van der Waals surface area contributed by atoms with Crippen molar-refractivity contribution in [3.63, 3.8) is 0 Å². The lowest BCUT2D eigenvalue weighted by atomic mass is 9.84. The molecule has 0 saturated carbocycles. The predicted molar refractivity (Wildman–Crippen MR) is 269 cm³/mol. The van der Waals surface area contributed by atoms with Crippen molar-refractivity contribution in [2.24, 2.45) is 0 Å². The fourth-order valence-corrected chi connectivity index (χ4v) is 9.92. The molecule has 5 heteroatoms. The van der Waals surface area contributed by atoms with Crippen LogP contribution in [0.2, 0.25) is 0 Å². The van der Waals surface area contributed by atoms with Crippen molar-refractivity contribution in [2.45, 2.75) is 5.92 Å². The fraction of sp³-hybridized carbons (Fsp3) is 0.0164. The Morgan fingerprint density at radius 2 is 0.682 bits per heavy atom. The lowest BCUT2D eigenvalue weighted by molar-refractivity contribution is 0.626. The standard InChI is InChI=1S/C61H41F2N3/c62-46-28-23-44(24-29-46)61(45-27-37-59-55(39-45)53-15-7-9-17-57(53)65(59)48-11-3-1-4-12-48)43-21-19-41(20-22-43)42-25-32-50(33-26-42)64(51-34-30-47(63)31-35-51)52-36-38-60-56(40-52)54-16-8-10-18-58(54)66(60)49-13-5-2-6-14-49/h1-40,61H. The number of para-hydroxylation sites is 4. The maximum absolute atomic E-state index is 14.4. The molecule has 314 valence electrons. The van der Waals surface area contributed by atoms with Crippen LogP contribution in [0.15, 0.2) is 243 Å². The molecule has 2 aromatic heterocycles. The third kappa shape index (κ3) is 6.81. The quantitative estimate of drug-likeness (QED) is 0.132. The van der Waals surface area contributed by atoms with Gasteiger partial charge in [0.2, 0.25) is 0 Å². The molecule has 0 N–H and O–H groups in total. The molecule has 66 heavy (non-hydrogen) atoms. The van der Waals surface area contributed by atoms with Gasteiger partial charge in [0.05, 0.1) is 22.1 Å². The third-order valence-electron chi connectivity index (χ3n) is 13.0. The van der Waals surface area contributed by atoms with E-state index in [2.05, 4.69) is 196 Å². The van der Waals surface area contributed by atoms with E-state index in [1.54, 1.807) is 12.1 Å². The summed E-state index contributed by atoms with van der Waals surface area (Å²) in [6.07, 6.45) is 0. The van der Waals surface area contributed by atoms with Gasteiger partial charge in [-0.1, -0.05) is 127 Å². The number of rotatable bonds is 9. The average Bonchev–Trinajstić information content (AvgIpc) is 3.89. The van der Waals surface area contributed by atoms with E-state index in [4.69, 9.17) is 0 Å². The smallest absolute Gasteiger partial charge is 0.123 e. The van der Waals surface area contributed by atoms with E-state index in [9.17, 15) is 8.78 Å². The van der Waals surface area contributed by atoms with Crippen molar-refractivity contribution < 1.29 is 8.78 Å². The van der Waals surface area contributed by atoms with Gasteiger partial charge < -0.3 is 14.0 Å². The molecule has 12 aromatic rings. The molecule has 1 unspecified atom stereocenters. The first kappa shape index (κ1) is 39.1. The first-order valence-electron chi connectivity index (χ1n) is 22.2. The van der Waals surface area contributed by atoms with Crippen molar-refractivity contribution in [2.75, 3.05) is 4.90 Å². The molecule has 0 aliphatic heterocycles. The van der Waals surface area contributed by atoms with Gasteiger partial charge in [0.15, 0.2) is 0 Å². The van der Waals surface area contributed by atoms with Crippen molar-refractivity contribution >= 4 is 60.7 Å². The number of halogens is 2. The van der Waals surface area contributed by atoms with Crippen LogP contribution < -0.4 is 4.90 Å². The van der Waals surface area contributed by atoms with Gasteiger partial charge in [-0.3, -0.25) is 0 Å². The van der Waals surface area contributed by atoms with E-state index in [0.717, 1.165) is 89.1 Å². The van der Waals surface area contributed by atoms with Crippen LogP contribution in [0.4, 0.5) is 25.8 Å². The molecule has 2 heterocycles. The van der Waals surface area contributed by atoms with Crippen LogP contribution in [0.3, 0.4) is 0 Å². The summed E-state index contributed by atoms with van der Waals surface area (Å²) in [6, 6.07) is 82.2. The minimum absolute atomic E-state index is 0.131. The summed E-state index contributed by atoms with van der Waals surface area (Å²) in [5, 5.41) is 4.65. The predicted octanol–water partition coefficient (Wildman–Crippen LogP) is 16.5. The summed E-state index contributed by atoms with van der Waals surface area (Å²) >= 11 is 0. The zero-order valence-corrected chi connectivity index (χ0v) is 35.8. The highest BCUT2D eigenvalue weighted by Crippen LogP contribution is 2.42. The zero-order valence-electron chi connectivity index (χ0n) is 35.8. The van der Waals surface area contributed by atoms with Crippen molar-refractivity contribution in [3.05, 3.63) is 271 Å². The van der Waals surface area contributed by atoms with Gasteiger partial charge in [0.1, 0.15) is 11.6 Å². The van der Waals surface area contributed by atoms with Crippen molar-refractivity contribution in [1.82, 2.24) is 9.13 Å². The molecule has 0 saturated heterocycles. The van der Waals surface area contributed by atoms with Gasteiger partial charge in [-0.2, -0.15) is 0 Å². The SMILES string of the molecule is Fc1ccc(C(c2ccc(-c3ccc(N(c4ccc(F)cc4)c4ccc5c(c4)c4ccccc4n5-c4ccccc4)cc3)cc2)c2ccc3c(c2)c2ccccc2n3-c2ccccc2)cc1. The van der Waals surface area contributed by atoms with Crippen LogP contribution in [0.5, 0.6) is 0 Å². The Kier molecular flexibility index (Phi) is 9.61. The molecule has 0 bridgehead atoms. The zero-order chi connectivity index (χ0) is 44.1. The topological polar surface area (TPSA) is 13.1 Å². The molecule has 3 nitrogen and oxygen atoms in total. The summed E-state index contributed by atoms with van der Waals surface area (Å²) in [5.74, 6) is -0.669. The summed E-state index contributed by atoms with van der Waals surface area (Å²) in [7, 11) is 0. The number of hydrogen-bond donors (Lipinski definition) is 0. The molecule has 10 aromatic carbocycles. The normalized spacial score (nSPS) is 12.0. The molecule has 0 aliphatic rings. The Bertz CT molecular complexity index is 3440. The van der Waals surface area contributed by atoms with Gasteiger partial charge in [0.25, 0.3) is 0 Å². The van der Waals surface area contributed by atoms with E-state index >= 15 is 0 Å². The fourth-order valence-electron chi connectivity index (χ4n) is 9.92.